The standard InChI is InChI=1S/C27H27N11O2/c1-2-36-8-7-22(35-36)21-6-3-16(11-29-21)20-12-32-37-13-17(14-39)23(33-25(20)37)27(28)9-18-4-5-19(10-27)38(18)26(40)24-30-15-31-34-24/h3,6-8,11-15,18-19H,2,4-5,9-10,28H2,1H3,(H,30,31,34)/t18-,19+,27?. The van der Waals surface area contributed by atoms with Gasteiger partial charge >= 0.3 is 0 Å². The van der Waals surface area contributed by atoms with Gasteiger partial charge in [0.2, 0.25) is 5.82 Å². The van der Waals surface area contributed by atoms with Crippen LogP contribution in [0.25, 0.3) is 28.2 Å². The molecule has 3 atom stereocenters. The van der Waals surface area contributed by atoms with E-state index >= 15 is 0 Å². The highest BCUT2D eigenvalue weighted by molar-refractivity contribution is 5.91. The van der Waals surface area contributed by atoms with Crippen LogP contribution in [0.5, 0.6) is 0 Å². The number of pyridine rings is 1. The largest absolute Gasteiger partial charge is 0.330 e. The Labute approximate surface area is 228 Å². The number of H-pyrrole nitrogens is 1. The van der Waals surface area contributed by atoms with Crippen LogP contribution in [0, 0.1) is 0 Å². The Balaban J connectivity index is 1.23. The van der Waals surface area contributed by atoms with Gasteiger partial charge in [0.15, 0.2) is 11.9 Å². The molecule has 2 saturated heterocycles. The van der Waals surface area contributed by atoms with Crippen LogP contribution in [0.15, 0.2) is 49.3 Å². The molecule has 5 aromatic heterocycles. The van der Waals surface area contributed by atoms with Crippen molar-refractivity contribution in [2.75, 3.05) is 0 Å². The number of aldehydes is 1. The number of aromatic nitrogens is 9. The van der Waals surface area contributed by atoms with E-state index < -0.39 is 5.54 Å². The van der Waals surface area contributed by atoms with E-state index in [-0.39, 0.29) is 23.8 Å². The van der Waals surface area contributed by atoms with Gasteiger partial charge in [-0.05, 0) is 44.7 Å². The van der Waals surface area contributed by atoms with Crippen LogP contribution in [0.4, 0.5) is 0 Å². The van der Waals surface area contributed by atoms with Gasteiger partial charge in [-0.2, -0.15) is 15.3 Å². The molecular formula is C27H27N11O2. The van der Waals surface area contributed by atoms with Crippen molar-refractivity contribution in [3.8, 4) is 22.5 Å². The number of nitrogens with zero attached hydrogens (tertiary/aromatic N) is 9. The summed E-state index contributed by atoms with van der Waals surface area (Å²) in [6.45, 7) is 2.82. The van der Waals surface area contributed by atoms with E-state index in [1.165, 1.54) is 6.33 Å². The van der Waals surface area contributed by atoms with Gasteiger partial charge in [0, 0.05) is 48.3 Å². The fraction of sp³-hybridized carbons (Fsp3) is 0.333. The molecule has 13 nitrogen and oxygen atoms in total. The van der Waals surface area contributed by atoms with Crippen LogP contribution in [-0.2, 0) is 12.1 Å². The Kier molecular flexibility index (Phi) is 5.56. The molecular weight excluding hydrogens is 510 g/mol. The van der Waals surface area contributed by atoms with Crippen LogP contribution >= 0.6 is 0 Å². The van der Waals surface area contributed by atoms with E-state index in [9.17, 15) is 9.59 Å². The van der Waals surface area contributed by atoms with Crippen LogP contribution in [-0.4, -0.2) is 73.7 Å². The van der Waals surface area contributed by atoms with Crippen molar-refractivity contribution < 1.29 is 9.59 Å². The monoisotopic (exact) mass is 537 g/mol. The predicted octanol–water partition coefficient (Wildman–Crippen LogP) is 2.23. The number of fused-ring (bicyclic) bond motifs is 3. The van der Waals surface area contributed by atoms with Crippen LogP contribution in [0.3, 0.4) is 0 Å². The number of carbonyl (C=O) groups excluding carboxylic acids is 2. The average Bonchev–Trinajstić information content (AvgIpc) is 3.78. The van der Waals surface area contributed by atoms with E-state index in [4.69, 9.17) is 10.7 Å². The lowest BCUT2D eigenvalue weighted by Gasteiger charge is -2.44. The lowest BCUT2D eigenvalue weighted by Crippen LogP contribution is -2.56. The Bertz CT molecular complexity index is 1710. The summed E-state index contributed by atoms with van der Waals surface area (Å²) in [4.78, 5) is 40.8. The van der Waals surface area contributed by atoms with E-state index in [1.807, 2.05) is 40.9 Å². The third kappa shape index (κ3) is 3.80. The van der Waals surface area contributed by atoms with Crippen molar-refractivity contribution in [2.45, 2.75) is 56.8 Å². The number of amides is 1. The Morgan fingerprint density at radius 1 is 1.15 bits per heavy atom. The number of hydrogen-bond donors (Lipinski definition) is 2. The third-order valence-corrected chi connectivity index (χ3v) is 8.09. The molecule has 2 bridgehead atoms. The molecule has 13 heteroatoms. The highest BCUT2D eigenvalue weighted by Crippen LogP contribution is 2.45. The Morgan fingerprint density at radius 2 is 1.98 bits per heavy atom. The zero-order chi connectivity index (χ0) is 27.4. The second-order valence-electron chi connectivity index (χ2n) is 10.5. The van der Waals surface area contributed by atoms with Gasteiger partial charge < -0.3 is 10.6 Å². The molecule has 202 valence electrons. The number of rotatable bonds is 6. The summed E-state index contributed by atoms with van der Waals surface area (Å²) in [7, 11) is 0. The molecule has 40 heavy (non-hydrogen) atoms. The molecule has 0 aliphatic carbocycles. The van der Waals surface area contributed by atoms with Crippen molar-refractivity contribution in [1.82, 2.24) is 49.4 Å². The van der Waals surface area contributed by atoms with Crippen molar-refractivity contribution in [3.05, 3.63) is 66.4 Å². The van der Waals surface area contributed by atoms with Crippen LogP contribution in [0.2, 0.25) is 0 Å². The molecule has 2 aliphatic rings. The minimum Gasteiger partial charge on any atom is -0.330 e. The number of piperidine rings is 1. The van der Waals surface area contributed by atoms with Gasteiger partial charge in [-0.25, -0.2) is 14.5 Å². The second-order valence-corrected chi connectivity index (χ2v) is 10.5. The van der Waals surface area contributed by atoms with E-state index in [0.717, 1.165) is 48.2 Å². The maximum Gasteiger partial charge on any atom is 0.291 e. The molecule has 2 fully saturated rings. The minimum absolute atomic E-state index is 0.0869. The molecule has 7 rings (SSSR count). The van der Waals surface area contributed by atoms with Crippen molar-refractivity contribution in [3.63, 3.8) is 0 Å². The fourth-order valence-electron chi connectivity index (χ4n) is 6.23. The summed E-state index contributed by atoms with van der Waals surface area (Å²) < 4.78 is 3.45. The third-order valence-electron chi connectivity index (χ3n) is 8.09. The number of aromatic amines is 1. The smallest absolute Gasteiger partial charge is 0.291 e. The number of hydrogen-bond acceptors (Lipinski definition) is 9. The lowest BCUT2D eigenvalue weighted by molar-refractivity contribution is 0.0462. The highest BCUT2D eigenvalue weighted by atomic mass is 16.2. The average molecular weight is 538 g/mol. The van der Waals surface area contributed by atoms with Gasteiger partial charge in [-0.15, -0.1) is 0 Å². The zero-order valence-corrected chi connectivity index (χ0v) is 21.8. The molecule has 2 aliphatic heterocycles. The Morgan fingerprint density at radius 3 is 2.62 bits per heavy atom. The summed E-state index contributed by atoms with van der Waals surface area (Å²) in [5.41, 5.74) is 10.9. The first kappa shape index (κ1) is 24.3. The molecule has 7 heterocycles. The fourth-order valence-corrected chi connectivity index (χ4v) is 6.23. The van der Waals surface area contributed by atoms with Gasteiger partial charge in [0.1, 0.15) is 12.0 Å². The normalized spacial score (nSPS) is 22.2. The first-order valence-corrected chi connectivity index (χ1v) is 13.3. The van der Waals surface area contributed by atoms with E-state index in [0.29, 0.717) is 29.7 Å². The summed E-state index contributed by atoms with van der Waals surface area (Å²) in [5, 5.41) is 15.5. The van der Waals surface area contributed by atoms with Gasteiger partial charge in [-0.1, -0.05) is 6.07 Å². The second kappa shape index (κ2) is 9.16. The summed E-state index contributed by atoms with van der Waals surface area (Å²) in [5.74, 6) is 0.0401. The molecule has 5 aromatic rings. The van der Waals surface area contributed by atoms with E-state index in [1.54, 1.807) is 23.1 Å². The Hall–Kier alpha value is -4.78. The first-order valence-electron chi connectivity index (χ1n) is 13.3. The van der Waals surface area contributed by atoms with E-state index in [2.05, 4.69) is 30.4 Å². The van der Waals surface area contributed by atoms with Crippen molar-refractivity contribution in [1.29, 1.82) is 0 Å². The SMILES string of the molecule is CCn1ccc(-c2ccc(-c3cnn4cc(C=O)c(C5(N)C[C@H]6CC[C@@H](C5)N6C(=O)c5ncn[nH]5)nc34)cn2)n1. The summed E-state index contributed by atoms with van der Waals surface area (Å²) >= 11 is 0. The molecule has 1 amide bonds. The summed E-state index contributed by atoms with van der Waals surface area (Å²) in [6, 6.07) is 5.65. The lowest BCUT2D eigenvalue weighted by atomic mass is 9.79. The van der Waals surface area contributed by atoms with Crippen LogP contribution < -0.4 is 5.73 Å². The molecule has 0 spiro atoms. The molecule has 0 saturated carbocycles. The van der Waals surface area contributed by atoms with Crippen molar-refractivity contribution in [2.24, 2.45) is 5.73 Å². The molecule has 0 aromatic carbocycles. The minimum atomic E-state index is -0.885. The van der Waals surface area contributed by atoms with Gasteiger partial charge in [0.05, 0.1) is 28.7 Å². The molecule has 1 unspecified atom stereocenters. The quantitative estimate of drug-likeness (QED) is 0.309. The van der Waals surface area contributed by atoms with Crippen LogP contribution in [0.1, 0.15) is 59.3 Å². The highest BCUT2D eigenvalue weighted by Gasteiger charge is 2.51. The maximum atomic E-state index is 13.1. The number of nitrogens with two attached hydrogens (primary N) is 1. The van der Waals surface area contributed by atoms with Crippen molar-refractivity contribution >= 4 is 17.8 Å². The number of nitrogens with one attached hydrogen (secondary N) is 1. The van der Waals surface area contributed by atoms with Gasteiger partial charge in [-0.3, -0.25) is 24.4 Å². The molecule has 3 N–H and O–H groups in total. The zero-order valence-electron chi connectivity index (χ0n) is 21.8. The predicted molar refractivity (Wildman–Crippen MR) is 143 cm³/mol. The summed E-state index contributed by atoms with van der Waals surface area (Å²) in [6.07, 6.45) is 11.8. The molecule has 0 radical (unpaired) electrons. The topological polar surface area (TPSA) is 166 Å². The number of carbonyl (C=O) groups is 2. The maximum absolute atomic E-state index is 13.1. The number of aryl methyl sites for hydroxylation is 1. The first-order chi connectivity index (χ1) is 19.5. The van der Waals surface area contributed by atoms with Gasteiger partial charge in [0.25, 0.3) is 5.91 Å².